The van der Waals surface area contributed by atoms with E-state index in [1.54, 1.807) is 0 Å². The van der Waals surface area contributed by atoms with Crippen LogP contribution >= 0.6 is 0 Å². The molecule has 1 fully saturated rings. The normalized spacial score (nSPS) is 18.2. The van der Waals surface area contributed by atoms with Gasteiger partial charge in [0.2, 0.25) is 0 Å². The summed E-state index contributed by atoms with van der Waals surface area (Å²) >= 11 is 0. The molecule has 0 aromatic heterocycles. The Morgan fingerprint density at radius 1 is 1.26 bits per heavy atom. The van der Waals surface area contributed by atoms with Gasteiger partial charge in [-0.3, -0.25) is 0 Å². The first-order chi connectivity index (χ1) is 9.34. The molecule has 0 saturated carbocycles. The number of rotatable bonds is 7. The number of hydrogen-bond donors (Lipinski definition) is 2. The summed E-state index contributed by atoms with van der Waals surface area (Å²) in [7, 11) is 0. The minimum atomic E-state index is -0.472. The van der Waals surface area contributed by atoms with Crippen molar-refractivity contribution in [1.82, 2.24) is 5.32 Å². The van der Waals surface area contributed by atoms with Crippen molar-refractivity contribution in [3.63, 3.8) is 0 Å². The smallest absolute Gasteiger partial charge is 0.119 e. The molecule has 2 rings (SSSR count). The van der Waals surface area contributed by atoms with Crippen molar-refractivity contribution in [1.29, 1.82) is 0 Å². The van der Waals surface area contributed by atoms with Gasteiger partial charge in [-0.2, -0.15) is 0 Å². The van der Waals surface area contributed by atoms with E-state index >= 15 is 0 Å². The zero-order valence-electron chi connectivity index (χ0n) is 11.3. The van der Waals surface area contributed by atoms with E-state index in [0.717, 1.165) is 38.3 Å². The fourth-order valence-corrected chi connectivity index (χ4v) is 2.17. The van der Waals surface area contributed by atoms with Gasteiger partial charge in [0.1, 0.15) is 18.5 Å². The van der Waals surface area contributed by atoms with Crippen LogP contribution in [0.5, 0.6) is 5.75 Å². The van der Waals surface area contributed by atoms with Crippen LogP contribution in [0.4, 0.5) is 0 Å². The molecule has 0 bridgehead atoms. The monoisotopic (exact) mass is 265 g/mol. The SMILES string of the molecule is OC(CNCC1CCOCC1)COc1ccccc1. The second-order valence-corrected chi connectivity index (χ2v) is 4.99. The van der Waals surface area contributed by atoms with Crippen LogP contribution in [0.2, 0.25) is 0 Å². The van der Waals surface area contributed by atoms with Crippen molar-refractivity contribution < 1.29 is 14.6 Å². The highest BCUT2D eigenvalue weighted by Gasteiger charge is 2.13. The average Bonchev–Trinajstić information content (AvgIpc) is 2.47. The van der Waals surface area contributed by atoms with Crippen LogP contribution in [-0.2, 0) is 4.74 Å². The van der Waals surface area contributed by atoms with Crippen LogP contribution in [0.3, 0.4) is 0 Å². The molecule has 2 N–H and O–H groups in total. The fraction of sp³-hybridized carbons (Fsp3) is 0.600. The maximum Gasteiger partial charge on any atom is 0.119 e. The topological polar surface area (TPSA) is 50.7 Å². The molecule has 0 radical (unpaired) electrons. The number of aliphatic hydroxyl groups is 1. The van der Waals surface area contributed by atoms with Crippen LogP contribution in [0, 0.1) is 5.92 Å². The number of nitrogens with one attached hydrogen (secondary N) is 1. The summed E-state index contributed by atoms with van der Waals surface area (Å²) in [6.45, 7) is 3.58. The van der Waals surface area contributed by atoms with E-state index in [2.05, 4.69) is 5.32 Å². The molecule has 1 aromatic carbocycles. The summed E-state index contributed by atoms with van der Waals surface area (Å²) < 4.78 is 10.8. The molecule has 1 aliphatic heterocycles. The van der Waals surface area contributed by atoms with Crippen LogP contribution in [0.1, 0.15) is 12.8 Å². The lowest BCUT2D eigenvalue weighted by Crippen LogP contribution is -2.35. The summed E-state index contributed by atoms with van der Waals surface area (Å²) in [5, 5.41) is 13.1. The van der Waals surface area contributed by atoms with E-state index in [1.807, 2.05) is 30.3 Å². The van der Waals surface area contributed by atoms with Crippen LogP contribution in [-0.4, -0.2) is 44.1 Å². The number of para-hydroxylation sites is 1. The fourth-order valence-electron chi connectivity index (χ4n) is 2.17. The molecule has 1 saturated heterocycles. The van der Waals surface area contributed by atoms with Crippen molar-refractivity contribution >= 4 is 0 Å². The Labute approximate surface area is 114 Å². The standard InChI is InChI=1S/C15H23NO3/c17-14(12-19-15-4-2-1-3-5-15)11-16-10-13-6-8-18-9-7-13/h1-5,13-14,16-17H,6-12H2. The van der Waals surface area contributed by atoms with Gasteiger partial charge < -0.3 is 19.9 Å². The molecule has 1 atom stereocenters. The third kappa shape index (κ3) is 5.59. The molecule has 19 heavy (non-hydrogen) atoms. The molecular formula is C15H23NO3. The van der Waals surface area contributed by atoms with Gasteiger partial charge in [0.05, 0.1) is 0 Å². The Balaban J connectivity index is 1.55. The second-order valence-electron chi connectivity index (χ2n) is 4.99. The highest BCUT2D eigenvalue weighted by atomic mass is 16.5. The lowest BCUT2D eigenvalue weighted by atomic mass is 10.0. The quantitative estimate of drug-likeness (QED) is 0.783. The maximum atomic E-state index is 9.83. The number of hydrogen-bond acceptors (Lipinski definition) is 4. The average molecular weight is 265 g/mol. The molecule has 106 valence electrons. The molecule has 4 nitrogen and oxygen atoms in total. The minimum absolute atomic E-state index is 0.324. The molecule has 1 heterocycles. The second kappa shape index (κ2) is 8.15. The first-order valence-electron chi connectivity index (χ1n) is 6.99. The van der Waals surface area contributed by atoms with Crippen LogP contribution in [0.25, 0.3) is 0 Å². The van der Waals surface area contributed by atoms with Crippen LogP contribution < -0.4 is 10.1 Å². The van der Waals surface area contributed by atoms with Crippen LogP contribution in [0.15, 0.2) is 30.3 Å². The van der Waals surface area contributed by atoms with Crippen molar-refractivity contribution in [2.75, 3.05) is 32.9 Å². The molecule has 1 aromatic rings. The Kier molecular flexibility index (Phi) is 6.14. The van der Waals surface area contributed by atoms with E-state index in [-0.39, 0.29) is 0 Å². The summed E-state index contributed by atoms with van der Waals surface area (Å²) in [6.07, 6.45) is 1.76. The van der Waals surface area contributed by atoms with Crippen molar-refractivity contribution in [3.8, 4) is 5.75 Å². The lowest BCUT2D eigenvalue weighted by molar-refractivity contribution is 0.0630. The maximum absolute atomic E-state index is 9.83. The first-order valence-corrected chi connectivity index (χ1v) is 6.99. The van der Waals surface area contributed by atoms with E-state index in [1.165, 1.54) is 0 Å². The van der Waals surface area contributed by atoms with E-state index in [9.17, 15) is 5.11 Å². The Hall–Kier alpha value is -1.10. The third-order valence-electron chi connectivity index (χ3n) is 3.34. The minimum Gasteiger partial charge on any atom is -0.491 e. The predicted octanol–water partition coefficient (Wildman–Crippen LogP) is 1.44. The summed E-state index contributed by atoms with van der Waals surface area (Å²) in [5.74, 6) is 1.47. The summed E-state index contributed by atoms with van der Waals surface area (Å²) in [6, 6.07) is 9.57. The number of benzene rings is 1. The summed E-state index contributed by atoms with van der Waals surface area (Å²) in [5.41, 5.74) is 0. The zero-order chi connectivity index (χ0) is 13.3. The third-order valence-corrected chi connectivity index (χ3v) is 3.34. The molecule has 1 aliphatic rings. The van der Waals surface area contributed by atoms with Gasteiger partial charge in [-0.1, -0.05) is 18.2 Å². The summed E-state index contributed by atoms with van der Waals surface area (Å²) in [4.78, 5) is 0. The van der Waals surface area contributed by atoms with Crippen molar-refractivity contribution in [2.45, 2.75) is 18.9 Å². The molecule has 0 amide bonds. The molecular weight excluding hydrogens is 242 g/mol. The highest BCUT2D eigenvalue weighted by Crippen LogP contribution is 2.13. The Morgan fingerprint density at radius 2 is 2.00 bits per heavy atom. The molecule has 0 spiro atoms. The molecule has 1 unspecified atom stereocenters. The number of ether oxygens (including phenoxy) is 2. The predicted molar refractivity (Wildman–Crippen MR) is 74.4 cm³/mol. The van der Waals surface area contributed by atoms with Crippen molar-refractivity contribution in [2.24, 2.45) is 5.92 Å². The van der Waals surface area contributed by atoms with Gasteiger partial charge in [0, 0.05) is 19.8 Å². The lowest BCUT2D eigenvalue weighted by Gasteiger charge is -2.23. The Morgan fingerprint density at radius 3 is 2.74 bits per heavy atom. The van der Waals surface area contributed by atoms with Gasteiger partial charge in [0.25, 0.3) is 0 Å². The van der Waals surface area contributed by atoms with E-state index in [0.29, 0.717) is 19.1 Å². The molecule has 4 heteroatoms. The largest absolute Gasteiger partial charge is 0.491 e. The first kappa shape index (κ1) is 14.3. The highest BCUT2D eigenvalue weighted by molar-refractivity contribution is 5.20. The Bertz CT molecular complexity index is 339. The van der Waals surface area contributed by atoms with Gasteiger partial charge in [-0.05, 0) is 37.4 Å². The van der Waals surface area contributed by atoms with Crippen molar-refractivity contribution in [3.05, 3.63) is 30.3 Å². The van der Waals surface area contributed by atoms with Gasteiger partial charge in [-0.25, -0.2) is 0 Å². The molecule has 0 aliphatic carbocycles. The van der Waals surface area contributed by atoms with Gasteiger partial charge >= 0.3 is 0 Å². The van der Waals surface area contributed by atoms with E-state index < -0.39 is 6.10 Å². The van der Waals surface area contributed by atoms with Gasteiger partial charge in [-0.15, -0.1) is 0 Å². The zero-order valence-corrected chi connectivity index (χ0v) is 11.3. The van der Waals surface area contributed by atoms with E-state index in [4.69, 9.17) is 9.47 Å². The number of aliphatic hydroxyl groups excluding tert-OH is 1. The van der Waals surface area contributed by atoms with Gasteiger partial charge in [0.15, 0.2) is 0 Å².